The van der Waals surface area contributed by atoms with Crippen molar-refractivity contribution in [3.8, 4) is 17.6 Å². The molecule has 0 unspecified atom stereocenters. The van der Waals surface area contributed by atoms with Crippen molar-refractivity contribution in [2.75, 3.05) is 18.5 Å². The number of amides is 1. The average molecular weight is 513 g/mol. The molecule has 6 heteroatoms. The molecule has 2 aromatic rings. The van der Waals surface area contributed by atoms with Gasteiger partial charge in [0.25, 0.3) is 5.91 Å². The standard InChI is InChI=1S/C27H33BrN2O3/c1-4-6-7-8-9-10-14-33-26-24(28)17-21(18-25(26)32-5-2)16-22(19-29)27(31)30-23-13-11-12-20(3)15-23/h11-13,15-18H,4-10,14H2,1-3H3,(H,30,31)/b22-16+. The molecule has 0 aromatic heterocycles. The number of hydrogen-bond acceptors (Lipinski definition) is 4. The fraction of sp³-hybridized carbons (Fsp3) is 0.407. The summed E-state index contributed by atoms with van der Waals surface area (Å²) in [4.78, 5) is 12.6. The van der Waals surface area contributed by atoms with E-state index in [4.69, 9.17) is 9.47 Å². The van der Waals surface area contributed by atoms with E-state index in [2.05, 4.69) is 28.2 Å². The zero-order valence-electron chi connectivity index (χ0n) is 19.7. The third-order valence-electron chi connectivity index (χ3n) is 5.03. The highest BCUT2D eigenvalue weighted by Crippen LogP contribution is 2.37. The minimum absolute atomic E-state index is 0.00611. The van der Waals surface area contributed by atoms with Gasteiger partial charge < -0.3 is 14.8 Å². The van der Waals surface area contributed by atoms with Crippen molar-refractivity contribution in [3.63, 3.8) is 0 Å². The molecule has 0 saturated carbocycles. The Hall–Kier alpha value is -2.78. The van der Waals surface area contributed by atoms with Crippen LogP contribution < -0.4 is 14.8 Å². The summed E-state index contributed by atoms with van der Waals surface area (Å²) in [6.07, 6.45) is 8.69. The lowest BCUT2D eigenvalue weighted by atomic mass is 10.1. The maximum Gasteiger partial charge on any atom is 0.266 e. The fourth-order valence-electron chi connectivity index (χ4n) is 3.37. The number of aryl methyl sites for hydroxylation is 1. The van der Waals surface area contributed by atoms with Gasteiger partial charge in [0, 0.05) is 5.69 Å². The number of nitrogens with one attached hydrogen (secondary N) is 1. The largest absolute Gasteiger partial charge is 0.490 e. The van der Waals surface area contributed by atoms with Crippen LogP contribution in [0.15, 0.2) is 46.4 Å². The lowest BCUT2D eigenvalue weighted by Crippen LogP contribution is -2.13. The molecule has 1 amide bonds. The zero-order chi connectivity index (χ0) is 24.1. The Bertz CT molecular complexity index is 995. The van der Waals surface area contributed by atoms with Crippen LogP contribution in [0.5, 0.6) is 11.5 Å². The third kappa shape index (κ3) is 8.94. The molecular weight excluding hydrogens is 480 g/mol. The van der Waals surface area contributed by atoms with Crippen molar-refractivity contribution in [2.45, 2.75) is 59.3 Å². The van der Waals surface area contributed by atoms with E-state index in [0.29, 0.717) is 36.0 Å². The Labute approximate surface area is 205 Å². The highest BCUT2D eigenvalue weighted by atomic mass is 79.9. The Kier molecular flexibility index (Phi) is 11.5. The van der Waals surface area contributed by atoms with Gasteiger partial charge in [0.1, 0.15) is 11.6 Å². The monoisotopic (exact) mass is 512 g/mol. The number of rotatable bonds is 13. The average Bonchev–Trinajstić information content (AvgIpc) is 2.78. The second kappa shape index (κ2) is 14.4. The number of benzene rings is 2. The molecule has 1 N–H and O–H groups in total. The molecular formula is C27H33BrN2O3. The molecule has 0 aliphatic rings. The van der Waals surface area contributed by atoms with Crippen LogP contribution in [-0.4, -0.2) is 19.1 Å². The SMILES string of the molecule is CCCCCCCCOc1c(Br)cc(/C=C(\C#N)C(=O)Nc2cccc(C)c2)cc1OCC. The van der Waals surface area contributed by atoms with Gasteiger partial charge in [-0.2, -0.15) is 5.26 Å². The van der Waals surface area contributed by atoms with Crippen molar-refractivity contribution in [1.29, 1.82) is 5.26 Å². The van der Waals surface area contributed by atoms with E-state index in [0.717, 1.165) is 22.9 Å². The smallest absolute Gasteiger partial charge is 0.266 e. The predicted molar refractivity (Wildman–Crippen MR) is 138 cm³/mol. The van der Waals surface area contributed by atoms with Crippen molar-refractivity contribution in [1.82, 2.24) is 0 Å². The molecule has 0 spiro atoms. The first-order valence-corrected chi connectivity index (χ1v) is 12.4. The first kappa shape index (κ1) is 26.5. The number of unbranched alkanes of at least 4 members (excludes halogenated alkanes) is 5. The number of nitrogens with zero attached hydrogens (tertiary/aromatic N) is 1. The van der Waals surface area contributed by atoms with E-state index in [1.165, 1.54) is 25.7 Å². The molecule has 0 aliphatic heterocycles. The molecule has 0 heterocycles. The first-order valence-electron chi connectivity index (χ1n) is 11.6. The molecule has 176 valence electrons. The molecule has 0 bridgehead atoms. The minimum atomic E-state index is -0.458. The van der Waals surface area contributed by atoms with E-state index < -0.39 is 5.91 Å². The normalized spacial score (nSPS) is 11.1. The number of hydrogen-bond donors (Lipinski definition) is 1. The Morgan fingerprint density at radius 2 is 1.85 bits per heavy atom. The number of anilines is 1. The van der Waals surface area contributed by atoms with Crippen molar-refractivity contribution in [3.05, 3.63) is 57.6 Å². The zero-order valence-corrected chi connectivity index (χ0v) is 21.3. The van der Waals surface area contributed by atoms with Crippen LogP contribution >= 0.6 is 15.9 Å². The van der Waals surface area contributed by atoms with Gasteiger partial charge in [0.05, 0.1) is 17.7 Å². The van der Waals surface area contributed by atoms with Gasteiger partial charge in [-0.1, -0.05) is 51.2 Å². The van der Waals surface area contributed by atoms with E-state index in [1.54, 1.807) is 18.2 Å². The molecule has 5 nitrogen and oxygen atoms in total. The maximum atomic E-state index is 12.6. The van der Waals surface area contributed by atoms with Crippen LogP contribution in [0.25, 0.3) is 6.08 Å². The molecule has 33 heavy (non-hydrogen) atoms. The summed E-state index contributed by atoms with van der Waals surface area (Å²) in [7, 11) is 0. The highest BCUT2D eigenvalue weighted by molar-refractivity contribution is 9.10. The first-order chi connectivity index (χ1) is 16.0. The Balaban J connectivity index is 2.12. The quantitative estimate of drug-likeness (QED) is 0.172. The Morgan fingerprint density at radius 1 is 1.09 bits per heavy atom. The molecule has 2 aromatic carbocycles. The summed E-state index contributed by atoms with van der Waals surface area (Å²) in [5.74, 6) is 0.770. The van der Waals surface area contributed by atoms with Crippen LogP contribution in [0.1, 0.15) is 63.5 Å². The number of carbonyl (C=O) groups is 1. The molecule has 0 saturated heterocycles. The van der Waals surface area contributed by atoms with Crippen molar-refractivity contribution >= 4 is 33.6 Å². The van der Waals surface area contributed by atoms with Crippen molar-refractivity contribution < 1.29 is 14.3 Å². The van der Waals surface area contributed by atoms with Crippen LogP contribution in [-0.2, 0) is 4.79 Å². The summed E-state index contributed by atoms with van der Waals surface area (Å²) in [6, 6.07) is 13.1. The minimum Gasteiger partial charge on any atom is -0.490 e. The van der Waals surface area contributed by atoms with Gasteiger partial charge in [-0.25, -0.2) is 0 Å². The number of nitriles is 1. The summed E-state index contributed by atoms with van der Waals surface area (Å²) in [6.45, 7) is 7.16. The van der Waals surface area contributed by atoms with Gasteiger partial charge in [-0.15, -0.1) is 0 Å². The summed E-state index contributed by atoms with van der Waals surface area (Å²) >= 11 is 3.56. The molecule has 2 rings (SSSR count). The predicted octanol–water partition coefficient (Wildman–Crippen LogP) is 7.44. The third-order valence-corrected chi connectivity index (χ3v) is 5.62. The molecule has 0 radical (unpaired) electrons. The fourth-order valence-corrected chi connectivity index (χ4v) is 3.94. The topological polar surface area (TPSA) is 71.3 Å². The van der Waals surface area contributed by atoms with Gasteiger partial charge in [0.15, 0.2) is 11.5 Å². The number of ether oxygens (including phenoxy) is 2. The molecule has 0 atom stereocenters. The van der Waals surface area contributed by atoms with Gasteiger partial charge in [0.2, 0.25) is 0 Å². The van der Waals surface area contributed by atoms with Crippen LogP contribution in [0.3, 0.4) is 0 Å². The second-order valence-corrected chi connectivity index (χ2v) is 8.73. The van der Waals surface area contributed by atoms with Gasteiger partial charge >= 0.3 is 0 Å². The maximum absolute atomic E-state index is 12.6. The molecule has 0 aliphatic carbocycles. The van der Waals surface area contributed by atoms with E-state index in [-0.39, 0.29) is 5.57 Å². The van der Waals surface area contributed by atoms with Crippen LogP contribution in [0.2, 0.25) is 0 Å². The Morgan fingerprint density at radius 3 is 2.55 bits per heavy atom. The van der Waals surface area contributed by atoms with Crippen molar-refractivity contribution in [2.24, 2.45) is 0 Å². The van der Waals surface area contributed by atoms with E-state index in [9.17, 15) is 10.1 Å². The van der Waals surface area contributed by atoms with E-state index >= 15 is 0 Å². The number of carbonyl (C=O) groups excluding carboxylic acids is 1. The highest BCUT2D eigenvalue weighted by Gasteiger charge is 2.14. The van der Waals surface area contributed by atoms with Crippen LogP contribution in [0, 0.1) is 18.3 Å². The van der Waals surface area contributed by atoms with Gasteiger partial charge in [-0.3, -0.25) is 4.79 Å². The lowest BCUT2D eigenvalue weighted by molar-refractivity contribution is -0.112. The summed E-state index contributed by atoms with van der Waals surface area (Å²) < 4.78 is 12.5. The second-order valence-electron chi connectivity index (χ2n) is 7.87. The summed E-state index contributed by atoms with van der Waals surface area (Å²) in [5, 5.41) is 12.3. The van der Waals surface area contributed by atoms with E-state index in [1.807, 2.05) is 44.2 Å². The summed E-state index contributed by atoms with van der Waals surface area (Å²) in [5.41, 5.74) is 2.35. The molecule has 0 fully saturated rings. The number of halogens is 1. The van der Waals surface area contributed by atoms with Crippen LogP contribution in [0.4, 0.5) is 5.69 Å². The lowest BCUT2D eigenvalue weighted by Gasteiger charge is -2.15. The van der Waals surface area contributed by atoms with Gasteiger partial charge in [-0.05, 0) is 77.7 Å².